The van der Waals surface area contributed by atoms with Crippen molar-refractivity contribution in [2.45, 2.75) is 0 Å². The van der Waals surface area contributed by atoms with Gasteiger partial charge in [-0.15, -0.1) is 0 Å². The predicted octanol–water partition coefficient (Wildman–Crippen LogP) is 13.5. The Morgan fingerprint density at radius 3 is 1.72 bits per heavy atom. The van der Waals surface area contributed by atoms with E-state index < -0.39 is 0 Å². The second kappa shape index (κ2) is 12.9. The maximum atomic E-state index is 6.48. The fourth-order valence-electron chi connectivity index (χ4n) is 7.47. The Kier molecular flexibility index (Phi) is 7.47. The average molecular weight is 677 g/mol. The number of hydrogen-bond acceptors (Lipinski definition) is 3. The zero-order chi connectivity index (χ0) is 35.1. The molecular weight excluding hydrogens is 645 g/mol. The quantitative estimate of drug-likeness (QED) is 0.176. The molecule has 0 aliphatic carbocycles. The normalized spacial score (nSPS) is 11.4. The zero-order valence-electron chi connectivity index (χ0n) is 28.8. The number of nitrogens with zero attached hydrogens (tertiary/aromatic N) is 2. The molecule has 0 spiro atoms. The first-order chi connectivity index (χ1) is 26.2. The molecule has 0 atom stereocenters. The van der Waals surface area contributed by atoms with Crippen molar-refractivity contribution in [3.63, 3.8) is 0 Å². The van der Waals surface area contributed by atoms with Crippen molar-refractivity contribution in [3.05, 3.63) is 194 Å². The van der Waals surface area contributed by atoms with Crippen LogP contribution in [0.3, 0.4) is 0 Å². The van der Waals surface area contributed by atoms with Gasteiger partial charge in [0.2, 0.25) is 0 Å². The molecule has 0 aliphatic heterocycles. The molecule has 0 unspecified atom stereocenters. The Labute approximate surface area is 307 Å². The number of fused-ring (bicyclic) bond motifs is 4. The van der Waals surface area contributed by atoms with Crippen molar-refractivity contribution >= 4 is 32.7 Å². The maximum absolute atomic E-state index is 6.48. The van der Waals surface area contributed by atoms with Crippen LogP contribution in [-0.4, -0.2) is 9.97 Å². The van der Waals surface area contributed by atoms with Gasteiger partial charge in [0.25, 0.3) is 0 Å². The molecule has 10 rings (SSSR count). The van der Waals surface area contributed by atoms with Crippen LogP contribution in [-0.2, 0) is 0 Å². The lowest BCUT2D eigenvalue weighted by atomic mass is 9.92. The highest BCUT2D eigenvalue weighted by atomic mass is 16.3. The molecule has 0 N–H and O–H groups in total. The van der Waals surface area contributed by atoms with E-state index in [1.165, 1.54) is 27.5 Å². The van der Waals surface area contributed by atoms with Crippen molar-refractivity contribution in [2.75, 3.05) is 0 Å². The van der Waals surface area contributed by atoms with Gasteiger partial charge in [0, 0.05) is 27.5 Å². The Bertz CT molecular complexity index is 2930. The van der Waals surface area contributed by atoms with E-state index in [0.717, 1.165) is 66.7 Å². The molecule has 0 radical (unpaired) electrons. The Morgan fingerprint density at radius 2 is 0.943 bits per heavy atom. The molecular formula is C50H32N2O. The highest BCUT2D eigenvalue weighted by Crippen LogP contribution is 2.41. The van der Waals surface area contributed by atoms with Crippen LogP contribution in [0.1, 0.15) is 0 Å². The van der Waals surface area contributed by atoms with Gasteiger partial charge in [-0.3, -0.25) is 0 Å². The molecule has 10 aromatic rings. The van der Waals surface area contributed by atoms with E-state index in [0.29, 0.717) is 5.82 Å². The van der Waals surface area contributed by atoms with E-state index in [4.69, 9.17) is 14.4 Å². The number of hydrogen-bond donors (Lipinski definition) is 0. The SMILES string of the molecule is c1ccc(-c2nc(-c3ccc(-c4ccccc4)c(-c4ccccc4)c3)cc(-c3cccc4oc5ccc(-c6ccc7ccccc7c6)cc5c34)n2)cc1. The summed E-state index contributed by atoms with van der Waals surface area (Å²) in [6, 6.07) is 68.0. The minimum Gasteiger partial charge on any atom is -0.456 e. The molecule has 53 heavy (non-hydrogen) atoms. The number of rotatable bonds is 6. The first-order valence-electron chi connectivity index (χ1n) is 17.9. The van der Waals surface area contributed by atoms with Crippen molar-refractivity contribution in [1.82, 2.24) is 9.97 Å². The first kappa shape index (κ1) is 30.7. The molecule has 3 nitrogen and oxygen atoms in total. The van der Waals surface area contributed by atoms with Crippen LogP contribution in [0.5, 0.6) is 0 Å². The average Bonchev–Trinajstić information content (AvgIpc) is 3.62. The summed E-state index contributed by atoms with van der Waals surface area (Å²) in [5, 5.41) is 4.55. The van der Waals surface area contributed by atoms with Gasteiger partial charge in [0.05, 0.1) is 11.4 Å². The zero-order valence-corrected chi connectivity index (χ0v) is 28.8. The van der Waals surface area contributed by atoms with Crippen LogP contribution in [0.25, 0.3) is 100.0 Å². The Balaban J connectivity index is 1.17. The molecule has 0 bridgehead atoms. The topological polar surface area (TPSA) is 38.9 Å². The summed E-state index contributed by atoms with van der Waals surface area (Å²) in [5.74, 6) is 0.674. The summed E-state index contributed by atoms with van der Waals surface area (Å²) in [4.78, 5) is 10.5. The first-order valence-corrected chi connectivity index (χ1v) is 17.9. The lowest BCUT2D eigenvalue weighted by Crippen LogP contribution is -1.97. The van der Waals surface area contributed by atoms with Crippen LogP contribution in [0, 0.1) is 0 Å². The highest BCUT2D eigenvalue weighted by molar-refractivity contribution is 6.13. The van der Waals surface area contributed by atoms with E-state index in [1.54, 1.807) is 0 Å². The standard InChI is InChI=1S/C50H32N2O/c1-4-14-34(15-5-1)41-27-25-40(31-43(41)35-16-6-2-7-17-35)45-32-46(52-50(51-45)36-18-8-3-9-19-36)42-21-12-22-48-49(42)44-30-39(26-28-47(44)53-48)38-24-23-33-13-10-11-20-37(33)29-38/h1-32H. The number of benzene rings is 8. The summed E-state index contributed by atoms with van der Waals surface area (Å²) in [5.41, 5.74) is 13.3. The molecule has 2 heterocycles. The third-order valence-corrected chi connectivity index (χ3v) is 10.1. The molecule has 3 heteroatoms. The monoisotopic (exact) mass is 676 g/mol. The lowest BCUT2D eigenvalue weighted by molar-refractivity contribution is 0.669. The van der Waals surface area contributed by atoms with Crippen molar-refractivity contribution in [3.8, 4) is 67.3 Å². The molecule has 8 aromatic carbocycles. The molecule has 2 aromatic heterocycles. The summed E-state index contributed by atoms with van der Waals surface area (Å²) in [6.45, 7) is 0. The van der Waals surface area contributed by atoms with Gasteiger partial charge in [0.15, 0.2) is 5.82 Å². The third kappa shape index (κ3) is 5.65. The van der Waals surface area contributed by atoms with Gasteiger partial charge < -0.3 is 4.42 Å². The summed E-state index contributed by atoms with van der Waals surface area (Å²) < 4.78 is 6.48. The Hall–Kier alpha value is -7.10. The number of aromatic nitrogens is 2. The third-order valence-electron chi connectivity index (χ3n) is 10.1. The largest absolute Gasteiger partial charge is 0.456 e. The number of furan rings is 1. The van der Waals surface area contributed by atoms with E-state index in [1.807, 2.05) is 24.3 Å². The van der Waals surface area contributed by atoms with Crippen LogP contribution in [0.2, 0.25) is 0 Å². The van der Waals surface area contributed by atoms with Gasteiger partial charge in [-0.25, -0.2) is 9.97 Å². The van der Waals surface area contributed by atoms with Crippen LogP contribution < -0.4 is 0 Å². The van der Waals surface area contributed by atoms with Crippen LogP contribution in [0.15, 0.2) is 199 Å². The second-order valence-corrected chi connectivity index (χ2v) is 13.4. The predicted molar refractivity (Wildman–Crippen MR) is 219 cm³/mol. The van der Waals surface area contributed by atoms with Crippen molar-refractivity contribution < 1.29 is 4.42 Å². The minimum atomic E-state index is 0.674. The van der Waals surface area contributed by atoms with Crippen molar-refractivity contribution in [2.24, 2.45) is 0 Å². The highest BCUT2D eigenvalue weighted by Gasteiger charge is 2.18. The van der Waals surface area contributed by atoms with Crippen LogP contribution >= 0.6 is 0 Å². The fourth-order valence-corrected chi connectivity index (χ4v) is 7.47. The molecule has 0 aliphatic rings. The van der Waals surface area contributed by atoms with Gasteiger partial charge in [-0.2, -0.15) is 0 Å². The minimum absolute atomic E-state index is 0.674. The van der Waals surface area contributed by atoms with Crippen molar-refractivity contribution in [1.29, 1.82) is 0 Å². The lowest BCUT2D eigenvalue weighted by Gasteiger charge is -2.14. The van der Waals surface area contributed by atoms with E-state index in [-0.39, 0.29) is 0 Å². The maximum Gasteiger partial charge on any atom is 0.160 e. The molecule has 0 fully saturated rings. The Morgan fingerprint density at radius 1 is 0.321 bits per heavy atom. The molecule has 248 valence electrons. The molecule has 0 saturated carbocycles. The van der Waals surface area contributed by atoms with Gasteiger partial charge in [-0.05, 0) is 80.6 Å². The smallest absolute Gasteiger partial charge is 0.160 e. The molecule has 0 saturated heterocycles. The van der Waals surface area contributed by atoms with Gasteiger partial charge in [-0.1, -0.05) is 158 Å². The van der Waals surface area contributed by atoms with Crippen LogP contribution in [0.4, 0.5) is 0 Å². The summed E-state index contributed by atoms with van der Waals surface area (Å²) in [6.07, 6.45) is 0. The molecule has 0 amide bonds. The van der Waals surface area contributed by atoms with E-state index >= 15 is 0 Å². The van der Waals surface area contributed by atoms with E-state index in [9.17, 15) is 0 Å². The van der Waals surface area contributed by atoms with Gasteiger partial charge in [0.1, 0.15) is 11.2 Å². The summed E-state index contributed by atoms with van der Waals surface area (Å²) >= 11 is 0. The van der Waals surface area contributed by atoms with E-state index in [2.05, 4.69) is 170 Å². The van der Waals surface area contributed by atoms with Gasteiger partial charge >= 0.3 is 0 Å². The second-order valence-electron chi connectivity index (χ2n) is 13.4. The fraction of sp³-hybridized carbons (Fsp3) is 0. The summed E-state index contributed by atoms with van der Waals surface area (Å²) in [7, 11) is 0.